The number of benzene rings is 1. The maximum atomic E-state index is 12.6. The quantitative estimate of drug-likeness (QED) is 0.863. The Hall–Kier alpha value is -0.460. The molecule has 1 rings (SSSR count). The van der Waals surface area contributed by atoms with Crippen molar-refractivity contribution in [2.75, 3.05) is 6.26 Å². The van der Waals surface area contributed by atoms with Gasteiger partial charge in [0.1, 0.15) is 16.1 Å². The number of halogens is 2. The molecule has 0 heterocycles. The molecule has 0 radical (unpaired) electrons. The molecular formula is C9H10BrFO3S. The van der Waals surface area contributed by atoms with Gasteiger partial charge in [-0.25, -0.2) is 12.8 Å². The molecule has 6 heteroatoms. The Bertz CT molecular complexity index is 429. The zero-order valence-corrected chi connectivity index (χ0v) is 10.3. The number of rotatable bonds is 3. The molecule has 15 heavy (non-hydrogen) atoms. The van der Waals surface area contributed by atoms with E-state index in [-0.39, 0.29) is 0 Å². The van der Waals surface area contributed by atoms with E-state index >= 15 is 0 Å². The van der Waals surface area contributed by atoms with Crippen LogP contribution in [-0.2, 0) is 9.84 Å². The van der Waals surface area contributed by atoms with Crippen molar-refractivity contribution in [2.45, 2.75) is 10.3 Å². The highest BCUT2D eigenvalue weighted by molar-refractivity contribution is 9.11. The molecule has 1 aromatic rings. The number of aliphatic hydroxyl groups is 1. The molecule has 0 saturated heterocycles. The SMILES string of the molecule is CS(=O)(=O)[C@H](Br)[C@@H](O)c1ccc(F)cc1. The van der Waals surface area contributed by atoms with Gasteiger partial charge in [-0.05, 0) is 17.7 Å². The first-order chi connectivity index (χ1) is 6.82. The fourth-order valence-corrected chi connectivity index (χ4v) is 1.98. The monoisotopic (exact) mass is 296 g/mol. The third-order valence-corrected chi connectivity index (χ3v) is 5.48. The summed E-state index contributed by atoms with van der Waals surface area (Å²) in [4.78, 5) is 0. The van der Waals surface area contributed by atoms with E-state index in [1.807, 2.05) is 0 Å². The predicted octanol–water partition coefficient (Wildman–Crippen LogP) is 1.62. The molecule has 0 aliphatic rings. The Morgan fingerprint density at radius 2 is 1.80 bits per heavy atom. The summed E-state index contributed by atoms with van der Waals surface area (Å²) in [7, 11) is -3.39. The number of alkyl halides is 1. The third kappa shape index (κ3) is 3.25. The largest absolute Gasteiger partial charge is 0.386 e. The zero-order chi connectivity index (χ0) is 11.6. The maximum absolute atomic E-state index is 12.6. The van der Waals surface area contributed by atoms with Crippen LogP contribution in [0.15, 0.2) is 24.3 Å². The number of hydrogen-bond acceptors (Lipinski definition) is 3. The Morgan fingerprint density at radius 3 is 2.20 bits per heavy atom. The van der Waals surface area contributed by atoms with Crippen LogP contribution in [0.4, 0.5) is 4.39 Å². The second-order valence-electron chi connectivity index (χ2n) is 3.18. The summed E-state index contributed by atoms with van der Waals surface area (Å²) in [6.45, 7) is 0. The Morgan fingerprint density at radius 1 is 1.33 bits per heavy atom. The van der Waals surface area contributed by atoms with E-state index in [1.54, 1.807) is 0 Å². The fourth-order valence-electron chi connectivity index (χ4n) is 1.05. The smallest absolute Gasteiger partial charge is 0.163 e. The van der Waals surface area contributed by atoms with Gasteiger partial charge in [-0.2, -0.15) is 0 Å². The molecule has 0 spiro atoms. The van der Waals surface area contributed by atoms with Crippen molar-refractivity contribution in [1.29, 1.82) is 0 Å². The van der Waals surface area contributed by atoms with Crippen LogP contribution in [0, 0.1) is 5.82 Å². The van der Waals surface area contributed by atoms with Crippen LogP contribution in [0.25, 0.3) is 0 Å². The molecular weight excluding hydrogens is 287 g/mol. The lowest BCUT2D eigenvalue weighted by Crippen LogP contribution is -2.21. The summed E-state index contributed by atoms with van der Waals surface area (Å²) in [5.74, 6) is -0.434. The average molecular weight is 297 g/mol. The van der Waals surface area contributed by atoms with Gasteiger partial charge in [0, 0.05) is 6.26 Å². The molecule has 0 aromatic heterocycles. The minimum Gasteiger partial charge on any atom is -0.386 e. The first-order valence-corrected chi connectivity index (χ1v) is 6.96. The Labute approximate surface area is 96.0 Å². The highest BCUT2D eigenvalue weighted by Crippen LogP contribution is 2.26. The Kier molecular flexibility index (Phi) is 3.86. The summed E-state index contributed by atoms with van der Waals surface area (Å²) in [5, 5.41) is 9.67. The fraction of sp³-hybridized carbons (Fsp3) is 0.333. The molecule has 0 aliphatic carbocycles. The summed E-state index contributed by atoms with van der Waals surface area (Å²) >= 11 is 2.89. The molecule has 0 fully saturated rings. The van der Waals surface area contributed by atoms with Gasteiger partial charge in [0.15, 0.2) is 9.84 Å². The van der Waals surface area contributed by atoms with E-state index in [4.69, 9.17) is 0 Å². The van der Waals surface area contributed by atoms with E-state index in [1.165, 1.54) is 24.3 Å². The number of aliphatic hydroxyl groups excluding tert-OH is 1. The van der Waals surface area contributed by atoms with Gasteiger partial charge in [0.05, 0.1) is 0 Å². The molecule has 1 aromatic carbocycles. The summed E-state index contributed by atoms with van der Waals surface area (Å²) in [6.07, 6.45) is -0.195. The summed E-state index contributed by atoms with van der Waals surface area (Å²) in [6, 6.07) is 5.03. The van der Waals surface area contributed by atoms with Gasteiger partial charge >= 0.3 is 0 Å². The summed E-state index contributed by atoms with van der Waals surface area (Å²) in [5.41, 5.74) is 0.351. The minimum absolute atomic E-state index is 0.351. The first-order valence-electron chi connectivity index (χ1n) is 4.09. The molecule has 0 amide bonds. The van der Waals surface area contributed by atoms with E-state index in [0.29, 0.717) is 5.56 Å². The second-order valence-corrected chi connectivity index (χ2v) is 6.94. The van der Waals surface area contributed by atoms with E-state index in [0.717, 1.165) is 6.26 Å². The summed E-state index contributed by atoms with van der Waals surface area (Å²) < 4.78 is 33.7. The van der Waals surface area contributed by atoms with Gasteiger partial charge in [-0.15, -0.1) is 0 Å². The molecule has 1 N–H and O–H groups in total. The van der Waals surface area contributed by atoms with Gasteiger partial charge < -0.3 is 5.11 Å². The van der Waals surface area contributed by atoms with Gasteiger partial charge in [-0.3, -0.25) is 0 Å². The Balaban J connectivity index is 2.95. The molecule has 2 atom stereocenters. The number of hydrogen-bond donors (Lipinski definition) is 1. The van der Waals surface area contributed by atoms with Crippen LogP contribution in [0.5, 0.6) is 0 Å². The molecule has 0 aliphatic heterocycles. The van der Waals surface area contributed by atoms with Crippen LogP contribution in [0.1, 0.15) is 11.7 Å². The van der Waals surface area contributed by atoms with Crippen molar-refractivity contribution < 1.29 is 17.9 Å². The van der Waals surface area contributed by atoms with Crippen LogP contribution in [0.2, 0.25) is 0 Å². The van der Waals surface area contributed by atoms with Gasteiger partial charge in [0.25, 0.3) is 0 Å². The molecule has 0 bridgehead atoms. The highest BCUT2D eigenvalue weighted by atomic mass is 79.9. The lowest BCUT2D eigenvalue weighted by atomic mass is 10.1. The molecule has 0 unspecified atom stereocenters. The average Bonchev–Trinajstić information content (AvgIpc) is 2.15. The lowest BCUT2D eigenvalue weighted by molar-refractivity contribution is 0.195. The molecule has 84 valence electrons. The van der Waals surface area contributed by atoms with Crippen molar-refractivity contribution in [1.82, 2.24) is 0 Å². The highest BCUT2D eigenvalue weighted by Gasteiger charge is 2.27. The van der Waals surface area contributed by atoms with Crippen molar-refractivity contribution >= 4 is 25.8 Å². The number of sulfone groups is 1. The first kappa shape index (κ1) is 12.6. The van der Waals surface area contributed by atoms with Crippen LogP contribution < -0.4 is 0 Å². The van der Waals surface area contributed by atoms with Gasteiger partial charge in [0.2, 0.25) is 0 Å². The second kappa shape index (κ2) is 4.59. The van der Waals surface area contributed by atoms with E-state index in [2.05, 4.69) is 15.9 Å². The third-order valence-electron chi connectivity index (χ3n) is 1.87. The van der Waals surface area contributed by atoms with Crippen LogP contribution in [-0.4, -0.2) is 23.9 Å². The molecule has 0 saturated carbocycles. The van der Waals surface area contributed by atoms with E-state index in [9.17, 15) is 17.9 Å². The normalized spacial score (nSPS) is 16.0. The van der Waals surface area contributed by atoms with Crippen molar-refractivity contribution in [3.8, 4) is 0 Å². The van der Waals surface area contributed by atoms with Crippen molar-refractivity contribution in [3.05, 3.63) is 35.6 Å². The van der Waals surface area contributed by atoms with Gasteiger partial charge in [-0.1, -0.05) is 28.1 Å². The van der Waals surface area contributed by atoms with Crippen LogP contribution >= 0.6 is 15.9 Å². The van der Waals surface area contributed by atoms with Crippen molar-refractivity contribution in [2.24, 2.45) is 0 Å². The standard InChI is InChI=1S/C9H10BrFO3S/c1-15(13,14)9(10)8(12)6-2-4-7(11)5-3-6/h2-5,8-9,12H,1H3/t8-,9-/m0/s1. The minimum atomic E-state index is -3.39. The predicted molar refractivity (Wildman–Crippen MR) is 58.9 cm³/mol. The maximum Gasteiger partial charge on any atom is 0.163 e. The topological polar surface area (TPSA) is 54.4 Å². The van der Waals surface area contributed by atoms with E-state index < -0.39 is 25.9 Å². The lowest BCUT2D eigenvalue weighted by Gasteiger charge is -2.15. The van der Waals surface area contributed by atoms with Crippen LogP contribution in [0.3, 0.4) is 0 Å². The zero-order valence-electron chi connectivity index (χ0n) is 7.89. The van der Waals surface area contributed by atoms with Crippen molar-refractivity contribution in [3.63, 3.8) is 0 Å². The molecule has 3 nitrogen and oxygen atoms in total.